The molecule has 0 bridgehead atoms. The SMILES string of the molecule is O=C(O)C(Cl)(Cl)Cl.OCCNCCO. The maximum Gasteiger partial charge on any atom is 0.356 e. The van der Waals surface area contributed by atoms with Gasteiger partial charge >= 0.3 is 5.97 Å². The Labute approximate surface area is 96.6 Å². The standard InChI is InChI=1S/C4H11NO2.C2HCl3O2/c6-3-1-5-2-4-7;3-2(4,5)1(6)7/h5-7H,1-4H2;(H,6,7). The third kappa shape index (κ3) is 14.7. The van der Waals surface area contributed by atoms with Gasteiger partial charge in [-0.1, -0.05) is 34.8 Å². The van der Waals surface area contributed by atoms with Gasteiger partial charge in [-0.25, -0.2) is 4.79 Å². The number of carboxylic acid groups (broad SMARTS) is 1. The molecule has 0 aromatic heterocycles. The first-order valence-electron chi connectivity index (χ1n) is 3.58. The fourth-order valence-corrected chi connectivity index (χ4v) is 0.283. The number of halogens is 3. The van der Waals surface area contributed by atoms with E-state index >= 15 is 0 Å². The zero-order valence-electron chi connectivity index (χ0n) is 7.21. The summed E-state index contributed by atoms with van der Waals surface area (Å²) < 4.78 is -2.17. The number of rotatable bonds is 4. The monoisotopic (exact) mass is 267 g/mol. The molecule has 14 heavy (non-hydrogen) atoms. The van der Waals surface area contributed by atoms with Gasteiger partial charge in [0.25, 0.3) is 3.79 Å². The molecule has 8 heteroatoms. The van der Waals surface area contributed by atoms with Gasteiger partial charge in [-0.15, -0.1) is 0 Å². The Morgan fingerprint density at radius 2 is 1.43 bits per heavy atom. The molecule has 4 N–H and O–H groups in total. The third-order valence-corrected chi connectivity index (χ3v) is 1.30. The Kier molecular flexibility index (Phi) is 11.6. The predicted octanol–water partition coefficient (Wildman–Crippen LogP) is 0.00180. The number of hydrogen-bond acceptors (Lipinski definition) is 4. The zero-order chi connectivity index (χ0) is 11.6. The first kappa shape index (κ1) is 16.6. The van der Waals surface area contributed by atoms with E-state index in [0.717, 1.165) is 0 Å². The first-order valence-corrected chi connectivity index (χ1v) is 4.72. The van der Waals surface area contributed by atoms with Crippen molar-refractivity contribution in [2.45, 2.75) is 3.79 Å². The van der Waals surface area contributed by atoms with E-state index in [1.165, 1.54) is 0 Å². The fourth-order valence-electron chi connectivity index (χ4n) is 0.283. The van der Waals surface area contributed by atoms with E-state index in [1.807, 2.05) is 0 Å². The van der Waals surface area contributed by atoms with E-state index in [4.69, 9.17) is 50.1 Å². The quantitative estimate of drug-likeness (QED) is 0.426. The summed E-state index contributed by atoms with van der Waals surface area (Å²) >= 11 is 14.4. The first-order chi connectivity index (χ1) is 6.36. The summed E-state index contributed by atoms with van der Waals surface area (Å²) in [6.07, 6.45) is 0. The molecule has 0 aromatic rings. The molecule has 0 aliphatic rings. The van der Waals surface area contributed by atoms with Crippen LogP contribution in [0.2, 0.25) is 0 Å². The molecule has 0 aromatic carbocycles. The van der Waals surface area contributed by atoms with Crippen LogP contribution in [0.1, 0.15) is 0 Å². The Hall–Kier alpha value is 0.220. The largest absolute Gasteiger partial charge is 0.478 e. The van der Waals surface area contributed by atoms with Gasteiger partial charge in [0.05, 0.1) is 13.2 Å². The van der Waals surface area contributed by atoms with Crippen LogP contribution in [0.15, 0.2) is 0 Å². The minimum Gasteiger partial charge on any atom is -0.478 e. The molecule has 0 aliphatic heterocycles. The van der Waals surface area contributed by atoms with Crippen molar-refractivity contribution >= 4 is 40.8 Å². The molecule has 0 spiro atoms. The lowest BCUT2D eigenvalue weighted by Gasteiger charge is -1.99. The second kappa shape index (κ2) is 9.76. The maximum atomic E-state index is 9.62. The molecule has 0 saturated carbocycles. The van der Waals surface area contributed by atoms with Crippen LogP contribution in [0.4, 0.5) is 0 Å². The van der Waals surface area contributed by atoms with E-state index in [9.17, 15) is 4.79 Å². The van der Waals surface area contributed by atoms with Crippen LogP contribution in [-0.4, -0.2) is 51.4 Å². The molecule has 0 amide bonds. The highest BCUT2D eigenvalue weighted by Crippen LogP contribution is 2.25. The summed E-state index contributed by atoms with van der Waals surface area (Å²) in [5.41, 5.74) is 0. The van der Waals surface area contributed by atoms with Crippen LogP contribution in [-0.2, 0) is 4.79 Å². The van der Waals surface area contributed by atoms with E-state index in [-0.39, 0.29) is 13.2 Å². The Bertz CT molecular complexity index is 147. The summed E-state index contributed by atoms with van der Waals surface area (Å²) in [6.45, 7) is 1.42. The lowest BCUT2D eigenvalue weighted by molar-refractivity contribution is -0.135. The van der Waals surface area contributed by atoms with E-state index in [0.29, 0.717) is 13.1 Å². The van der Waals surface area contributed by atoms with Gasteiger partial charge in [0.15, 0.2) is 0 Å². The van der Waals surface area contributed by atoms with Crippen molar-refractivity contribution in [1.82, 2.24) is 5.32 Å². The molecular weight excluding hydrogens is 256 g/mol. The smallest absolute Gasteiger partial charge is 0.356 e. The number of carbonyl (C=O) groups is 1. The van der Waals surface area contributed by atoms with Crippen molar-refractivity contribution < 1.29 is 20.1 Å². The molecule has 0 atom stereocenters. The summed E-state index contributed by atoms with van der Waals surface area (Å²) in [6, 6.07) is 0. The lowest BCUT2D eigenvalue weighted by Crippen LogP contribution is -2.21. The van der Waals surface area contributed by atoms with Crippen molar-refractivity contribution in [3.8, 4) is 0 Å². The van der Waals surface area contributed by atoms with Crippen LogP contribution < -0.4 is 5.32 Å². The molecule has 86 valence electrons. The molecule has 0 radical (unpaired) electrons. The Morgan fingerprint density at radius 1 is 1.14 bits per heavy atom. The van der Waals surface area contributed by atoms with Gasteiger partial charge in [-0.05, 0) is 0 Å². The summed E-state index contributed by atoms with van der Waals surface area (Å²) in [7, 11) is 0. The van der Waals surface area contributed by atoms with E-state index in [2.05, 4.69) is 5.32 Å². The van der Waals surface area contributed by atoms with Crippen LogP contribution in [0.5, 0.6) is 0 Å². The average molecular weight is 269 g/mol. The predicted molar refractivity (Wildman–Crippen MR) is 55.0 cm³/mol. The van der Waals surface area contributed by atoms with Crippen LogP contribution in [0.3, 0.4) is 0 Å². The maximum absolute atomic E-state index is 9.62. The van der Waals surface area contributed by atoms with Gasteiger partial charge in [0.2, 0.25) is 0 Å². The number of aliphatic hydroxyl groups excluding tert-OH is 2. The normalized spacial score (nSPS) is 10.4. The number of aliphatic carboxylic acids is 1. The minimum absolute atomic E-state index is 0.139. The van der Waals surface area contributed by atoms with E-state index in [1.54, 1.807) is 0 Å². The van der Waals surface area contributed by atoms with Crippen LogP contribution in [0.25, 0.3) is 0 Å². The molecule has 0 fully saturated rings. The summed E-state index contributed by atoms with van der Waals surface area (Å²) in [5.74, 6) is -1.46. The number of hydrogen-bond donors (Lipinski definition) is 4. The van der Waals surface area contributed by atoms with Crippen molar-refractivity contribution in [1.29, 1.82) is 0 Å². The van der Waals surface area contributed by atoms with Crippen LogP contribution in [0, 0.1) is 0 Å². The van der Waals surface area contributed by atoms with Crippen LogP contribution >= 0.6 is 34.8 Å². The highest BCUT2D eigenvalue weighted by Gasteiger charge is 2.29. The molecule has 0 aliphatic carbocycles. The highest BCUT2D eigenvalue weighted by atomic mass is 35.6. The molecule has 0 saturated heterocycles. The topological polar surface area (TPSA) is 89.8 Å². The summed E-state index contributed by atoms with van der Waals surface area (Å²) in [5, 5.41) is 26.9. The fraction of sp³-hybridized carbons (Fsp3) is 0.833. The van der Waals surface area contributed by atoms with Crippen molar-refractivity contribution in [3.63, 3.8) is 0 Å². The van der Waals surface area contributed by atoms with Gasteiger partial charge in [-0.3, -0.25) is 0 Å². The molecule has 5 nitrogen and oxygen atoms in total. The minimum atomic E-state index is -2.17. The zero-order valence-corrected chi connectivity index (χ0v) is 9.48. The number of alkyl halides is 3. The Morgan fingerprint density at radius 3 is 1.57 bits per heavy atom. The van der Waals surface area contributed by atoms with E-state index < -0.39 is 9.76 Å². The van der Waals surface area contributed by atoms with Gasteiger partial charge < -0.3 is 20.6 Å². The van der Waals surface area contributed by atoms with Gasteiger partial charge in [0, 0.05) is 13.1 Å². The van der Waals surface area contributed by atoms with Gasteiger partial charge in [-0.2, -0.15) is 0 Å². The molecule has 0 heterocycles. The average Bonchev–Trinajstić information content (AvgIpc) is 2.05. The molecule has 0 unspecified atom stereocenters. The highest BCUT2D eigenvalue weighted by molar-refractivity contribution is 6.75. The number of aliphatic hydroxyl groups is 2. The second-order valence-corrected chi connectivity index (χ2v) is 4.28. The van der Waals surface area contributed by atoms with Crippen molar-refractivity contribution in [2.75, 3.05) is 26.3 Å². The second-order valence-electron chi connectivity index (χ2n) is 2.00. The Balaban J connectivity index is 0. The molecule has 0 rings (SSSR count). The van der Waals surface area contributed by atoms with Gasteiger partial charge in [0.1, 0.15) is 0 Å². The van der Waals surface area contributed by atoms with Crippen molar-refractivity contribution in [3.05, 3.63) is 0 Å². The number of nitrogens with one attached hydrogen (secondary N) is 1. The number of carboxylic acids is 1. The summed E-state index contributed by atoms with van der Waals surface area (Å²) in [4.78, 5) is 9.62. The lowest BCUT2D eigenvalue weighted by atomic mass is 10.6. The molecular formula is C6H12Cl3NO4. The van der Waals surface area contributed by atoms with Crippen molar-refractivity contribution in [2.24, 2.45) is 0 Å². The third-order valence-electron chi connectivity index (χ3n) is 0.820.